The molecule has 2 amide bonds. The lowest BCUT2D eigenvalue weighted by Gasteiger charge is -2.42. The predicted octanol–water partition coefficient (Wildman–Crippen LogP) is 4.24. The average molecular weight is 538 g/mol. The number of imide groups is 1. The van der Waals surface area contributed by atoms with Gasteiger partial charge in [0.1, 0.15) is 0 Å². The number of methoxy groups -OCH3 is 1. The normalized spacial score (nSPS) is 25.7. The van der Waals surface area contributed by atoms with E-state index in [-0.39, 0.29) is 47.1 Å². The van der Waals surface area contributed by atoms with E-state index in [1.54, 1.807) is 43.3 Å². The summed E-state index contributed by atoms with van der Waals surface area (Å²) in [5.74, 6) is -3.59. The number of nitrogens with zero attached hydrogens (tertiary/aromatic N) is 1. The first-order chi connectivity index (χ1) is 19.1. The van der Waals surface area contributed by atoms with Crippen molar-refractivity contribution in [3.05, 3.63) is 88.0 Å². The van der Waals surface area contributed by atoms with Gasteiger partial charge in [0, 0.05) is 28.2 Å². The first kappa shape index (κ1) is 25.7. The van der Waals surface area contributed by atoms with Crippen molar-refractivity contribution < 1.29 is 33.8 Å². The molecule has 40 heavy (non-hydrogen) atoms. The highest BCUT2D eigenvalue weighted by Crippen LogP contribution is 2.55. The Labute approximate surface area is 230 Å². The van der Waals surface area contributed by atoms with Gasteiger partial charge in [-0.05, 0) is 80.6 Å². The number of benzene rings is 2. The van der Waals surface area contributed by atoms with E-state index in [0.29, 0.717) is 40.0 Å². The van der Waals surface area contributed by atoms with Crippen LogP contribution in [0, 0.1) is 17.8 Å². The number of amides is 2. The lowest BCUT2D eigenvalue weighted by atomic mass is 9.59. The monoisotopic (exact) mass is 537 g/mol. The van der Waals surface area contributed by atoms with Crippen LogP contribution in [0.5, 0.6) is 11.5 Å². The van der Waals surface area contributed by atoms with E-state index in [2.05, 4.69) is 0 Å². The summed E-state index contributed by atoms with van der Waals surface area (Å²) in [6.45, 7) is 3.05. The molecule has 1 aliphatic heterocycles. The van der Waals surface area contributed by atoms with Crippen molar-refractivity contribution in [1.29, 1.82) is 0 Å². The number of phenolic OH excluding ortho intramolecular Hbond substituents is 1. The molecule has 0 aromatic heterocycles. The van der Waals surface area contributed by atoms with Crippen molar-refractivity contribution in [2.24, 2.45) is 17.8 Å². The number of Topliss-reactive ketones (excluding diaryl/α,β-unsaturated/α-hetero) is 2. The summed E-state index contributed by atoms with van der Waals surface area (Å²) < 4.78 is 5.20. The number of aromatic hydroxyl groups is 1. The minimum Gasteiger partial charge on any atom is -0.504 e. The molecule has 2 aromatic carbocycles. The van der Waals surface area contributed by atoms with Gasteiger partial charge in [-0.2, -0.15) is 0 Å². The van der Waals surface area contributed by atoms with E-state index in [1.165, 1.54) is 31.1 Å². The molecule has 4 atom stereocenters. The van der Waals surface area contributed by atoms with Crippen LogP contribution in [0.15, 0.2) is 76.9 Å². The zero-order valence-corrected chi connectivity index (χ0v) is 22.3. The van der Waals surface area contributed by atoms with Crippen molar-refractivity contribution >= 4 is 34.9 Å². The second-order valence-corrected chi connectivity index (χ2v) is 10.8. The number of hydrogen-bond acceptors (Lipinski definition) is 7. The number of ketones is 3. The summed E-state index contributed by atoms with van der Waals surface area (Å²) in [5, 5.41) is 10.6. The molecular formula is C32H27NO7. The molecule has 2 aromatic rings. The van der Waals surface area contributed by atoms with Crippen molar-refractivity contribution in [2.45, 2.75) is 32.6 Å². The summed E-state index contributed by atoms with van der Waals surface area (Å²) in [6.07, 6.45) is 3.76. The molecule has 0 saturated carbocycles. The van der Waals surface area contributed by atoms with Crippen LogP contribution in [0.2, 0.25) is 0 Å². The highest BCUT2D eigenvalue weighted by molar-refractivity contribution is 6.25. The molecule has 1 heterocycles. The van der Waals surface area contributed by atoms with Gasteiger partial charge in [-0.25, -0.2) is 0 Å². The van der Waals surface area contributed by atoms with E-state index in [1.807, 2.05) is 6.08 Å². The van der Waals surface area contributed by atoms with Crippen LogP contribution >= 0.6 is 0 Å². The number of phenols is 1. The molecule has 6 rings (SSSR count). The van der Waals surface area contributed by atoms with E-state index in [0.717, 1.165) is 5.57 Å². The average Bonchev–Trinajstić information content (AvgIpc) is 3.20. The zero-order chi connectivity index (χ0) is 28.5. The SMILES string of the molecule is COc1ccc(C2C3=CCC4C(=O)N(c5ccc(C(C)=O)cc5)C(=O)C4C3CC3=C2C(=O)C=C(C)C3=O)cc1O. The van der Waals surface area contributed by atoms with Crippen molar-refractivity contribution in [2.75, 3.05) is 12.0 Å². The third kappa shape index (κ3) is 3.70. The largest absolute Gasteiger partial charge is 0.504 e. The van der Waals surface area contributed by atoms with Gasteiger partial charge in [-0.15, -0.1) is 0 Å². The number of carbonyl (C=O) groups is 5. The predicted molar refractivity (Wildman–Crippen MR) is 145 cm³/mol. The Morgan fingerprint density at radius 1 is 1.00 bits per heavy atom. The fraction of sp³-hybridized carbons (Fsp3) is 0.281. The van der Waals surface area contributed by atoms with Crippen molar-refractivity contribution in [3.63, 3.8) is 0 Å². The molecule has 202 valence electrons. The Bertz CT molecular complexity index is 1620. The maximum atomic E-state index is 14.0. The van der Waals surface area contributed by atoms with Crippen LogP contribution in [0.1, 0.15) is 48.5 Å². The smallest absolute Gasteiger partial charge is 0.238 e. The fourth-order valence-corrected chi connectivity index (χ4v) is 6.75. The quantitative estimate of drug-likeness (QED) is 0.268. The Kier molecular flexibility index (Phi) is 5.94. The Balaban J connectivity index is 1.45. The Morgan fingerprint density at radius 3 is 2.38 bits per heavy atom. The number of hydrogen-bond donors (Lipinski definition) is 1. The highest BCUT2D eigenvalue weighted by Gasteiger charge is 2.56. The van der Waals surface area contributed by atoms with Crippen LogP contribution in [0.25, 0.3) is 0 Å². The first-order valence-corrected chi connectivity index (χ1v) is 13.2. The van der Waals surface area contributed by atoms with Crippen LogP contribution < -0.4 is 9.64 Å². The number of ether oxygens (including phenoxy) is 1. The zero-order valence-electron chi connectivity index (χ0n) is 22.3. The van der Waals surface area contributed by atoms with Crippen LogP contribution in [-0.2, 0) is 19.2 Å². The Hall–Kier alpha value is -4.59. The van der Waals surface area contributed by atoms with E-state index in [4.69, 9.17) is 4.74 Å². The lowest BCUT2D eigenvalue weighted by Crippen LogP contribution is -2.39. The van der Waals surface area contributed by atoms with Crippen molar-refractivity contribution in [3.8, 4) is 11.5 Å². The molecule has 1 N–H and O–H groups in total. The molecule has 3 aliphatic carbocycles. The molecule has 1 saturated heterocycles. The highest BCUT2D eigenvalue weighted by atomic mass is 16.5. The lowest BCUT2D eigenvalue weighted by molar-refractivity contribution is -0.123. The number of allylic oxidation sites excluding steroid dienone is 6. The summed E-state index contributed by atoms with van der Waals surface area (Å²) >= 11 is 0. The number of anilines is 1. The summed E-state index contributed by atoms with van der Waals surface area (Å²) in [7, 11) is 1.44. The molecule has 1 fully saturated rings. The molecular weight excluding hydrogens is 510 g/mol. The molecule has 0 spiro atoms. The van der Waals surface area contributed by atoms with Gasteiger partial charge in [-0.1, -0.05) is 17.7 Å². The summed E-state index contributed by atoms with van der Waals surface area (Å²) in [5.41, 5.74) is 3.32. The third-order valence-corrected chi connectivity index (χ3v) is 8.63. The molecule has 0 bridgehead atoms. The topological polar surface area (TPSA) is 118 Å². The van der Waals surface area contributed by atoms with E-state index in [9.17, 15) is 29.1 Å². The third-order valence-electron chi connectivity index (χ3n) is 8.63. The number of rotatable bonds is 4. The summed E-state index contributed by atoms with van der Waals surface area (Å²) in [6, 6.07) is 11.3. The standard InChI is InChI=1S/C32H27NO7/c1-15-12-25(36)29-23(30(15)37)14-22-20(27(29)18-6-11-26(40-3)24(35)13-18)9-10-21-28(22)32(39)33(31(21)38)19-7-4-17(5-8-19)16(2)34/h4-9,11-13,21-22,27-28,35H,10,14H2,1-3H3. The van der Waals surface area contributed by atoms with Gasteiger partial charge < -0.3 is 9.84 Å². The molecule has 8 nitrogen and oxygen atoms in total. The molecule has 4 aliphatic rings. The van der Waals surface area contributed by atoms with Gasteiger partial charge in [0.2, 0.25) is 11.8 Å². The second kappa shape index (κ2) is 9.26. The van der Waals surface area contributed by atoms with Gasteiger partial charge >= 0.3 is 0 Å². The van der Waals surface area contributed by atoms with Gasteiger partial charge in [-0.3, -0.25) is 28.9 Å². The number of fused-ring (bicyclic) bond motifs is 3. The van der Waals surface area contributed by atoms with Gasteiger partial charge in [0.25, 0.3) is 0 Å². The van der Waals surface area contributed by atoms with E-state index >= 15 is 0 Å². The first-order valence-electron chi connectivity index (χ1n) is 13.2. The minimum absolute atomic E-state index is 0.104. The Morgan fingerprint density at radius 2 is 1.73 bits per heavy atom. The molecule has 0 radical (unpaired) electrons. The minimum atomic E-state index is -0.711. The van der Waals surface area contributed by atoms with Crippen LogP contribution in [-0.4, -0.2) is 41.4 Å². The maximum Gasteiger partial charge on any atom is 0.238 e. The maximum absolute atomic E-state index is 14.0. The van der Waals surface area contributed by atoms with E-state index < -0.39 is 23.7 Å². The van der Waals surface area contributed by atoms with Crippen LogP contribution in [0.3, 0.4) is 0 Å². The molecule has 4 unspecified atom stereocenters. The fourth-order valence-electron chi connectivity index (χ4n) is 6.75. The molecule has 8 heteroatoms. The second-order valence-electron chi connectivity index (χ2n) is 10.8. The van der Waals surface area contributed by atoms with Gasteiger partial charge in [0.05, 0.1) is 24.6 Å². The van der Waals surface area contributed by atoms with Gasteiger partial charge in [0.15, 0.2) is 28.8 Å². The summed E-state index contributed by atoms with van der Waals surface area (Å²) in [4.78, 5) is 67.2. The van der Waals surface area contributed by atoms with Crippen molar-refractivity contribution in [1.82, 2.24) is 0 Å². The van der Waals surface area contributed by atoms with Crippen LogP contribution in [0.4, 0.5) is 5.69 Å². The number of carbonyl (C=O) groups excluding carboxylic acids is 5.